The standard InChI is InChI=1S/C16H23NO4/c1-10(2)8-14(18)15(19)17-13(16(20)21)9-12-6-4-11(3)5-7-12/h4-7,10,13-14,18H,8-9H2,1-3H3,(H,17,19)(H,20,21)/t13-,14+/m1/s1. The zero-order valence-electron chi connectivity index (χ0n) is 12.7. The zero-order valence-corrected chi connectivity index (χ0v) is 12.7. The van der Waals surface area contributed by atoms with E-state index in [1.165, 1.54) is 0 Å². The number of carbonyl (C=O) groups excluding carboxylic acids is 1. The molecule has 0 aliphatic heterocycles. The summed E-state index contributed by atoms with van der Waals surface area (Å²) in [6.07, 6.45) is -0.678. The molecule has 1 aromatic rings. The van der Waals surface area contributed by atoms with Crippen LogP contribution in [0.2, 0.25) is 0 Å². The van der Waals surface area contributed by atoms with Crippen LogP contribution >= 0.6 is 0 Å². The highest BCUT2D eigenvalue weighted by atomic mass is 16.4. The van der Waals surface area contributed by atoms with Gasteiger partial charge in [0.2, 0.25) is 5.91 Å². The first-order chi connectivity index (χ1) is 9.79. The molecular weight excluding hydrogens is 270 g/mol. The van der Waals surface area contributed by atoms with Gasteiger partial charge in [-0.25, -0.2) is 4.79 Å². The van der Waals surface area contributed by atoms with E-state index in [9.17, 15) is 19.8 Å². The molecule has 1 rings (SSSR count). The second kappa shape index (κ2) is 7.78. The van der Waals surface area contributed by atoms with Crippen molar-refractivity contribution in [1.29, 1.82) is 0 Å². The Hall–Kier alpha value is -1.88. The smallest absolute Gasteiger partial charge is 0.326 e. The molecule has 0 unspecified atom stereocenters. The van der Waals surface area contributed by atoms with Gasteiger partial charge in [0.15, 0.2) is 0 Å². The first-order valence-electron chi connectivity index (χ1n) is 7.06. The Bertz CT molecular complexity index is 482. The van der Waals surface area contributed by atoms with Gasteiger partial charge in [-0.1, -0.05) is 43.7 Å². The third kappa shape index (κ3) is 5.95. The topological polar surface area (TPSA) is 86.6 Å². The van der Waals surface area contributed by atoms with E-state index in [0.717, 1.165) is 11.1 Å². The van der Waals surface area contributed by atoms with Crippen molar-refractivity contribution < 1.29 is 19.8 Å². The van der Waals surface area contributed by atoms with Crippen molar-refractivity contribution in [3.8, 4) is 0 Å². The first kappa shape index (κ1) is 17.2. The Labute approximate surface area is 125 Å². The quantitative estimate of drug-likeness (QED) is 0.711. The summed E-state index contributed by atoms with van der Waals surface area (Å²) in [7, 11) is 0. The Morgan fingerprint density at radius 1 is 1.19 bits per heavy atom. The minimum Gasteiger partial charge on any atom is -0.480 e. The summed E-state index contributed by atoms with van der Waals surface area (Å²) in [5.74, 6) is -1.59. The third-order valence-corrected chi connectivity index (χ3v) is 3.17. The summed E-state index contributed by atoms with van der Waals surface area (Å²) >= 11 is 0. The number of benzene rings is 1. The van der Waals surface area contributed by atoms with Gasteiger partial charge in [-0.2, -0.15) is 0 Å². The highest BCUT2D eigenvalue weighted by Gasteiger charge is 2.24. The van der Waals surface area contributed by atoms with Gasteiger partial charge in [-0.15, -0.1) is 0 Å². The van der Waals surface area contributed by atoms with Crippen molar-refractivity contribution in [3.05, 3.63) is 35.4 Å². The van der Waals surface area contributed by atoms with Gasteiger partial charge in [-0.05, 0) is 24.8 Å². The van der Waals surface area contributed by atoms with E-state index in [1.807, 2.05) is 45.0 Å². The summed E-state index contributed by atoms with van der Waals surface area (Å²) in [5, 5.41) is 21.3. The van der Waals surface area contributed by atoms with Crippen LogP contribution in [0.5, 0.6) is 0 Å². The van der Waals surface area contributed by atoms with Crippen LogP contribution in [0.3, 0.4) is 0 Å². The zero-order chi connectivity index (χ0) is 16.0. The molecule has 0 aliphatic carbocycles. The Morgan fingerprint density at radius 3 is 2.24 bits per heavy atom. The number of hydrogen-bond acceptors (Lipinski definition) is 3. The summed E-state index contributed by atoms with van der Waals surface area (Å²) in [5.41, 5.74) is 1.91. The van der Waals surface area contributed by atoms with Crippen LogP contribution in [0.1, 0.15) is 31.4 Å². The molecule has 1 amide bonds. The molecule has 3 N–H and O–H groups in total. The lowest BCUT2D eigenvalue weighted by Crippen LogP contribution is -2.46. The van der Waals surface area contributed by atoms with Crippen LogP contribution in [0.25, 0.3) is 0 Å². The van der Waals surface area contributed by atoms with Gasteiger partial charge in [0.1, 0.15) is 12.1 Å². The molecule has 0 spiro atoms. The number of aliphatic carboxylic acids is 1. The predicted octanol–water partition coefficient (Wildman–Crippen LogP) is 1.51. The van der Waals surface area contributed by atoms with Crippen molar-refractivity contribution in [1.82, 2.24) is 5.32 Å². The van der Waals surface area contributed by atoms with Crippen LogP contribution in [-0.2, 0) is 16.0 Å². The molecule has 2 atom stereocenters. The fourth-order valence-corrected chi connectivity index (χ4v) is 1.98. The SMILES string of the molecule is Cc1ccc(C[C@@H](NC(=O)[C@@H](O)CC(C)C)C(=O)O)cc1. The Morgan fingerprint density at radius 2 is 1.76 bits per heavy atom. The first-order valence-corrected chi connectivity index (χ1v) is 7.06. The molecule has 0 aliphatic rings. The van der Waals surface area contributed by atoms with Crippen molar-refractivity contribution in [2.24, 2.45) is 5.92 Å². The third-order valence-electron chi connectivity index (χ3n) is 3.17. The van der Waals surface area contributed by atoms with E-state index in [2.05, 4.69) is 5.32 Å². The molecule has 1 aromatic carbocycles. The van der Waals surface area contributed by atoms with Gasteiger partial charge < -0.3 is 15.5 Å². The maximum atomic E-state index is 11.8. The van der Waals surface area contributed by atoms with E-state index < -0.39 is 24.0 Å². The molecule has 0 radical (unpaired) electrons. The molecule has 0 aromatic heterocycles. The predicted molar refractivity (Wildman–Crippen MR) is 79.9 cm³/mol. The van der Waals surface area contributed by atoms with Gasteiger partial charge in [0, 0.05) is 6.42 Å². The number of carboxylic acid groups (broad SMARTS) is 1. The van der Waals surface area contributed by atoms with E-state index >= 15 is 0 Å². The number of aryl methyl sites for hydroxylation is 1. The number of aliphatic hydroxyl groups excluding tert-OH is 1. The average molecular weight is 293 g/mol. The number of rotatable bonds is 7. The number of aliphatic hydroxyl groups is 1. The minimum absolute atomic E-state index is 0.158. The number of nitrogens with one attached hydrogen (secondary N) is 1. The molecule has 5 heteroatoms. The van der Waals surface area contributed by atoms with Crippen molar-refractivity contribution >= 4 is 11.9 Å². The van der Waals surface area contributed by atoms with Crippen LogP contribution in [0.4, 0.5) is 0 Å². The fraction of sp³-hybridized carbons (Fsp3) is 0.500. The molecule has 21 heavy (non-hydrogen) atoms. The van der Waals surface area contributed by atoms with Crippen molar-refractivity contribution in [2.45, 2.75) is 45.8 Å². The second-order valence-electron chi connectivity index (χ2n) is 5.73. The number of carbonyl (C=O) groups is 2. The van der Waals surface area contributed by atoms with Crippen LogP contribution < -0.4 is 5.32 Å². The highest BCUT2D eigenvalue weighted by molar-refractivity contribution is 5.86. The van der Waals surface area contributed by atoms with Crippen molar-refractivity contribution in [2.75, 3.05) is 0 Å². The van der Waals surface area contributed by atoms with Gasteiger partial charge in [-0.3, -0.25) is 4.79 Å². The maximum Gasteiger partial charge on any atom is 0.326 e. The lowest BCUT2D eigenvalue weighted by Gasteiger charge is -2.18. The molecule has 5 nitrogen and oxygen atoms in total. The number of hydrogen-bond donors (Lipinski definition) is 3. The van der Waals surface area contributed by atoms with Crippen LogP contribution in [-0.4, -0.2) is 34.2 Å². The molecule has 116 valence electrons. The maximum absolute atomic E-state index is 11.8. The molecular formula is C16H23NO4. The number of amides is 1. The number of carboxylic acids is 1. The Kier molecular flexibility index (Phi) is 6.37. The van der Waals surface area contributed by atoms with E-state index in [1.54, 1.807) is 0 Å². The average Bonchev–Trinajstić information content (AvgIpc) is 2.39. The molecule has 0 saturated carbocycles. The monoisotopic (exact) mass is 293 g/mol. The summed E-state index contributed by atoms with van der Waals surface area (Å²) in [6.45, 7) is 5.72. The largest absolute Gasteiger partial charge is 0.480 e. The van der Waals surface area contributed by atoms with Gasteiger partial charge in [0.05, 0.1) is 0 Å². The summed E-state index contributed by atoms with van der Waals surface area (Å²) in [6, 6.07) is 6.42. The van der Waals surface area contributed by atoms with Gasteiger partial charge in [0.25, 0.3) is 0 Å². The lowest BCUT2D eigenvalue weighted by molar-refractivity contribution is -0.143. The Balaban J connectivity index is 2.67. The molecule has 0 heterocycles. The van der Waals surface area contributed by atoms with E-state index in [-0.39, 0.29) is 12.3 Å². The molecule has 0 saturated heterocycles. The minimum atomic E-state index is -1.18. The second-order valence-corrected chi connectivity index (χ2v) is 5.73. The summed E-state index contributed by atoms with van der Waals surface area (Å²) in [4.78, 5) is 23.1. The molecule has 0 bridgehead atoms. The summed E-state index contributed by atoms with van der Waals surface area (Å²) < 4.78 is 0. The van der Waals surface area contributed by atoms with E-state index in [4.69, 9.17) is 0 Å². The van der Waals surface area contributed by atoms with Crippen LogP contribution in [0.15, 0.2) is 24.3 Å². The highest BCUT2D eigenvalue weighted by Crippen LogP contribution is 2.08. The normalized spacial score (nSPS) is 13.8. The lowest BCUT2D eigenvalue weighted by atomic mass is 10.0. The van der Waals surface area contributed by atoms with Crippen molar-refractivity contribution in [3.63, 3.8) is 0 Å². The fourth-order valence-electron chi connectivity index (χ4n) is 1.98. The van der Waals surface area contributed by atoms with Gasteiger partial charge >= 0.3 is 5.97 Å². The van der Waals surface area contributed by atoms with Crippen LogP contribution in [0, 0.1) is 12.8 Å². The molecule has 0 fully saturated rings. The van der Waals surface area contributed by atoms with E-state index in [0.29, 0.717) is 6.42 Å².